The molecule has 3 aromatic carbocycles. The Labute approximate surface area is 210 Å². The molecule has 0 bridgehead atoms. The van der Waals surface area contributed by atoms with Crippen LogP contribution in [0.25, 0.3) is 21.9 Å². The lowest BCUT2D eigenvalue weighted by atomic mass is 9.89. The molecule has 3 N–H and O–H groups in total. The van der Waals surface area contributed by atoms with Crippen LogP contribution in [0.5, 0.6) is 28.7 Å². The maximum absolute atomic E-state index is 13.1. The quantitative estimate of drug-likeness (QED) is 0.416. The smallest absolute Gasteiger partial charge is 0.339 e. The molecule has 3 heterocycles. The number of rotatable bonds is 6. The summed E-state index contributed by atoms with van der Waals surface area (Å²) in [6, 6.07) is 8.78. The third-order valence-electron chi connectivity index (χ3n) is 6.89. The van der Waals surface area contributed by atoms with Gasteiger partial charge in [0.15, 0.2) is 23.0 Å². The molecule has 3 aliphatic rings. The monoisotopic (exact) mass is 512 g/mol. The summed E-state index contributed by atoms with van der Waals surface area (Å²) in [6.07, 6.45) is -2.86. The number of ether oxygens (including phenoxy) is 7. The lowest BCUT2D eigenvalue weighted by Crippen LogP contribution is -2.48. The summed E-state index contributed by atoms with van der Waals surface area (Å²) in [4.78, 5) is 13.1. The molecule has 0 aromatic heterocycles. The largest absolute Gasteiger partial charge is 0.493 e. The Morgan fingerprint density at radius 3 is 2.43 bits per heavy atom. The van der Waals surface area contributed by atoms with Gasteiger partial charge in [-0.2, -0.15) is 0 Å². The number of cyclic esters (lactones) is 1. The number of aliphatic hydroxyl groups excluding tert-OH is 2. The van der Waals surface area contributed by atoms with Crippen LogP contribution >= 0.6 is 0 Å². The SMILES string of the molecule is COc1cc2c(O[C@@H]3OC[C@](O)(CO)[C@H]3O)c3c(c(-c4ccc5c(c4)OCO5)c2cc1OC)C(=O)OC3. The fourth-order valence-corrected chi connectivity index (χ4v) is 4.90. The zero-order valence-electron chi connectivity index (χ0n) is 20.0. The van der Waals surface area contributed by atoms with Gasteiger partial charge in [-0.05, 0) is 35.2 Å². The summed E-state index contributed by atoms with van der Waals surface area (Å²) in [5, 5.41) is 31.7. The van der Waals surface area contributed by atoms with Crippen LogP contribution in [0.1, 0.15) is 15.9 Å². The molecule has 0 radical (unpaired) electrons. The minimum atomic E-state index is -1.89. The molecule has 3 atom stereocenters. The minimum absolute atomic E-state index is 0.0849. The van der Waals surface area contributed by atoms with Crippen LogP contribution in [-0.4, -0.2) is 73.5 Å². The van der Waals surface area contributed by atoms with Crippen molar-refractivity contribution in [3.8, 4) is 39.9 Å². The van der Waals surface area contributed by atoms with Gasteiger partial charge in [0.05, 0.1) is 33.0 Å². The number of carbonyl (C=O) groups is 1. The highest BCUT2D eigenvalue weighted by Gasteiger charge is 2.50. The van der Waals surface area contributed by atoms with Gasteiger partial charge in [-0.15, -0.1) is 0 Å². The van der Waals surface area contributed by atoms with Gasteiger partial charge in [-0.3, -0.25) is 0 Å². The van der Waals surface area contributed by atoms with Crippen LogP contribution in [0, 0.1) is 0 Å². The van der Waals surface area contributed by atoms with Crippen molar-refractivity contribution in [2.75, 3.05) is 34.2 Å². The molecular formula is C26H24O11. The van der Waals surface area contributed by atoms with E-state index in [1.54, 1.807) is 24.3 Å². The number of hydrogen-bond acceptors (Lipinski definition) is 11. The number of esters is 1. The van der Waals surface area contributed by atoms with E-state index in [2.05, 4.69) is 0 Å². The molecular weight excluding hydrogens is 488 g/mol. The molecule has 3 aromatic rings. The fraction of sp³-hybridized carbons (Fsp3) is 0.346. The molecule has 0 spiro atoms. The normalized spacial score (nSPS) is 23.8. The lowest BCUT2D eigenvalue weighted by molar-refractivity contribution is -0.115. The van der Waals surface area contributed by atoms with Crippen molar-refractivity contribution >= 4 is 16.7 Å². The molecule has 0 amide bonds. The van der Waals surface area contributed by atoms with Crippen LogP contribution in [0.3, 0.4) is 0 Å². The maximum Gasteiger partial charge on any atom is 0.339 e. The molecule has 6 rings (SSSR count). The van der Waals surface area contributed by atoms with Crippen LogP contribution in [0.2, 0.25) is 0 Å². The van der Waals surface area contributed by atoms with E-state index in [-0.39, 0.29) is 31.3 Å². The van der Waals surface area contributed by atoms with Gasteiger partial charge < -0.3 is 48.5 Å². The molecule has 0 saturated carbocycles. The molecule has 0 aliphatic carbocycles. The van der Waals surface area contributed by atoms with Gasteiger partial charge in [0.1, 0.15) is 24.1 Å². The molecule has 194 valence electrons. The van der Waals surface area contributed by atoms with E-state index in [4.69, 9.17) is 33.2 Å². The molecule has 1 saturated heterocycles. The number of fused-ring (bicyclic) bond motifs is 3. The summed E-state index contributed by atoms with van der Waals surface area (Å²) in [5.41, 5.74) is 0.0726. The summed E-state index contributed by atoms with van der Waals surface area (Å²) in [5.74, 6) is 1.62. The Morgan fingerprint density at radius 1 is 1.00 bits per heavy atom. The van der Waals surface area contributed by atoms with Gasteiger partial charge in [0.2, 0.25) is 13.1 Å². The van der Waals surface area contributed by atoms with Crippen molar-refractivity contribution in [3.63, 3.8) is 0 Å². The van der Waals surface area contributed by atoms with Crippen molar-refractivity contribution in [1.82, 2.24) is 0 Å². The second-order valence-electron chi connectivity index (χ2n) is 8.96. The van der Waals surface area contributed by atoms with Gasteiger partial charge in [0, 0.05) is 16.5 Å². The fourth-order valence-electron chi connectivity index (χ4n) is 4.90. The molecule has 11 nitrogen and oxygen atoms in total. The Hall–Kier alpha value is -3.77. The van der Waals surface area contributed by atoms with E-state index in [9.17, 15) is 20.1 Å². The van der Waals surface area contributed by atoms with E-state index >= 15 is 0 Å². The van der Waals surface area contributed by atoms with Crippen LogP contribution in [0.4, 0.5) is 0 Å². The Kier molecular flexibility index (Phi) is 5.53. The number of benzene rings is 3. The standard InChI is InChI=1S/C26H24O11/c1-31-17-6-13-14(7-18(17)32-2)22(37-25-23(28)26(30,9-27)10-34-25)15-8-33-24(29)21(15)20(13)12-3-4-16-19(5-12)36-11-35-16/h3-7,23,25,27-28,30H,8-11H2,1-2H3/t23-,25-,26+/m0/s1. The first kappa shape index (κ1) is 23.6. The van der Waals surface area contributed by atoms with Crippen LogP contribution in [0.15, 0.2) is 30.3 Å². The van der Waals surface area contributed by atoms with Gasteiger partial charge in [-0.25, -0.2) is 4.79 Å². The highest BCUT2D eigenvalue weighted by molar-refractivity contribution is 6.14. The Bertz CT molecular complexity index is 1420. The molecule has 37 heavy (non-hydrogen) atoms. The van der Waals surface area contributed by atoms with E-state index < -0.39 is 30.6 Å². The van der Waals surface area contributed by atoms with Gasteiger partial charge >= 0.3 is 5.97 Å². The number of aliphatic hydroxyl groups is 3. The highest BCUT2D eigenvalue weighted by Crippen LogP contribution is 2.49. The summed E-state index contributed by atoms with van der Waals surface area (Å²) in [6.45, 7) is -1.04. The Morgan fingerprint density at radius 2 is 1.73 bits per heavy atom. The highest BCUT2D eigenvalue weighted by atomic mass is 16.7. The summed E-state index contributed by atoms with van der Waals surface area (Å²) in [7, 11) is 3.00. The van der Waals surface area contributed by atoms with Crippen LogP contribution in [-0.2, 0) is 16.1 Å². The average Bonchev–Trinajstić information content (AvgIpc) is 3.62. The number of carbonyl (C=O) groups excluding carboxylic acids is 1. The second kappa shape index (κ2) is 8.67. The first-order chi connectivity index (χ1) is 17.9. The summed E-state index contributed by atoms with van der Waals surface area (Å²) >= 11 is 0. The Balaban J connectivity index is 1.61. The van der Waals surface area contributed by atoms with Crippen molar-refractivity contribution < 1.29 is 53.3 Å². The zero-order chi connectivity index (χ0) is 25.9. The van der Waals surface area contributed by atoms with Crippen molar-refractivity contribution in [3.05, 3.63) is 41.5 Å². The van der Waals surface area contributed by atoms with Crippen LogP contribution < -0.4 is 23.7 Å². The predicted molar refractivity (Wildman–Crippen MR) is 126 cm³/mol. The van der Waals surface area contributed by atoms with Gasteiger partial charge in [-0.1, -0.05) is 6.07 Å². The second-order valence-corrected chi connectivity index (χ2v) is 8.96. The lowest BCUT2D eigenvalue weighted by Gasteiger charge is -2.25. The zero-order valence-corrected chi connectivity index (χ0v) is 20.0. The third kappa shape index (κ3) is 3.54. The van der Waals surface area contributed by atoms with Gasteiger partial charge in [0.25, 0.3) is 0 Å². The van der Waals surface area contributed by atoms with Crippen molar-refractivity contribution in [2.24, 2.45) is 0 Å². The molecule has 3 aliphatic heterocycles. The predicted octanol–water partition coefficient (Wildman–Crippen LogP) is 1.74. The van der Waals surface area contributed by atoms with E-state index in [0.29, 0.717) is 50.5 Å². The maximum atomic E-state index is 13.1. The average molecular weight is 512 g/mol. The minimum Gasteiger partial charge on any atom is -0.493 e. The molecule has 0 unspecified atom stereocenters. The number of hydrogen-bond donors (Lipinski definition) is 3. The molecule has 1 fully saturated rings. The van der Waals surface area contributed by atoms with E-state index in [1.807, 2.05) is 6.07 Å². The first-order valence-corrected chi connectivity index (χ1v) is 11.5. The number of methoxy groups -OCH3 is 2. The van der Waals surface area contributed by atoms with E-state index in [0.717, 1.165) is 0 Å². The third-order valence-corrected chi connectivity index (χ3v) is 6.89. The first-order valence-electron chi connectivity index (χ1n) is 11.5. The van der Waals surface area contributed by atoms with Crippen molar-refractivity contribution in [2.45, 2.75) is 24.6 Å². The van der Waals surface area contributed by atoms with E-state index in [1.165, 1.54) is 14.2 Å². The molecule has 11 heteroatoms. The topological polar surface area (TPSA) is 142 Å². The van der Waals surface area contributed by atoms with Crippen molar-refractivity contribution in [1.29, 1.82) is 0 Å². The summed E-state index contributed by atoms with van der Waals surface area (Å²) < 4.78 is 39.1.